The Labute approximate surface area is 248 Å². The van der Waals surface area contributed by atoms with Gasteiger partial charge < -0.3 is 15.0 Å². The van der Waals surface area contributed by atoms with Crippen molar-refractivity contribution >= 4 is 39.1 Å². The topological polar surface area (TPSA) is 96.0 Å². The first-order chi connectivity index (χ1) is 19.5. The van der Waals surface area contributed by atoms with Gasteiger partial charge in [0.2, 0.25) is 11.8 Å². The van der Waals surface area contributed by atoms with E-state index in [2.05, 4.69) is 5.32 Å². The Hall–Kier alpha value is -3.56. The number of ether oxygens (including phenoxy) is 1. The third-order valence-corrected chi connectivity index (χ3v) is 8.82. The van der Waals surface area contributed by atoms with Crippen LogP contribution in [0, 0.1) is 13.8 Å². The Balaban J connectivity index is 2.05. The molecule has 0 aromatic heterocycles. The van der Waals surface area contributed by atoms with E-state index in [0.29, 0.717) is 22.9 Å². The number of carbonyl (C=O) groups is 2. The number of carbonyl (C=O) groups excluding carboxylic acids is 2. The molecular weight excluding hydrogens is 562 g/mol. The highest BCUT2D eigenvalue weighted by Crippen LogP contribution is 2.30. The van der Waals surface area contributed by atoms with Crippen molar-refractivity contribution in [2.24, 2.45) is 0 Å². The molecule has 2 amide bonds. The molecule has 3 aromatic carbocycles. The van der Waals surface area contributed by atoms with Gasteiger partial charge in [-0.3, -0.25) is 13.9 Å². The van der Waals surface area contributed by atoms with Crippen LogP contribution in [-0.4, -0.2) is 51.4 Å². The zero-order chi connectivity index (χ0) is 30.2. The standard InChI is InChI=1S/C31H38ClN3O5S/c1-6-7-17-33-31(37)24(4)34(20-25-9-8-10-27(18-25)40-5)30(36)21-35(29-19-26(32)14-13-23(29)3)41(38,39)28-15-11-22(2)12-16-28/h8-16,18-19,24H,6-7,17,20-21H2,1-5H3,(H,33,37)/t24-/m0/s1. The van der Waals surface area contributed by atoms with Crippen molar-refractivity contribution in [2.45, 2.75) is 58.0 Å². The van der Waals surface area contributed by atoms with Gasteiger partial charge in [-0.25, -0.2) is 8.42 Å². The van der Waals surface area contributed by atoms with E-state index in [9.17, 15) is 18.0 Å². The van der Waals surface area contributed by atoms with E-state index in [1.54, 1.807) is 63.4 Å². The predicted octanol–water partition coefficient (Wildman–Crippen LogP) is 5.49. The van der Waals surface area contributed by atoms with Gasteiger partial charge in [-0.1, -0.05) is 60.8 Å². The van der Waals surface area contributed by atoms with Crippen molar-refractivity contribution in [1.29, 1.82) is 0 Å². The fraction of sp³-hybridized carbons (Fsp3) is 0.355. The Morgan fingerprint density at radius 3 is 2.39 bits per heavy atom. The predicted molar refractivity (Wildman–Crippen MR) is 163 cm³/mol. The SMILES string of the molecule is CCCCNC(=O)[C@H](C)N(Cc1cccc(OC)c1)C(=O)CN(c1cc(Cl)ccc1C)S(=O)(=O)c1ccc(C)cc1. The molecule has 0 saturated carbocycles. The molecule has 0 aliphatic carbocycles. The van der Waals surface area contributed by atoms with Crippen LogP contribution in [0.2, 0.25) is 5.02 Å². The van der Waals surface area contributed by atoms with Crippen LogP contribution in [0.25, 0.3) is 0 Å². The van der Waals surface area contributed by atoms with Crippen LogP contribution in [0.5, 0.6) is 5.75 Å². The maximum absolute atomic E-state index is 14.1. The minimum absolute atomic E-state index is 0.0416. The molecular formula is C31H38ClN3O5S. The maximum Gasteiger partial charge on any atom is 0.264 e. The number of anilines is 1. The number of sulfonamides is 1. The summed E-state index contributed by atoms with van der Waals surface area (Å²) in [4.78, 5) is 28.6. The number of benzene rings is 3. The lowest BCUT2D eigenvalue weighted by Gasteiger charge is -2.32. The smallest absolute Gasteiger partial charge is 0.264 e. The Kier molecular flexibility index (Phi) is 11.2. The maximum atomic E-state index is 14.1. The molecule has 0 spiro atoms. The average molecular weight is 600 g/mol. The first kappa shape index (κ1) is 32.0. The summed E-state index contributed by atoms with van der Waals surface area (Å²) in [5.41, 5.74) is 2.55. The van der Waals surface area contributed by atoms with E-state index >= 15 is 0 Å². The van der Waals surface area contributed by atoms with Gasteiger partial charge in [0, 0.05) is 18.1 Å². The Morgan fingerprint density at radius 1 is 1.02 bits per heavy atom. The number of amides is 2. The largest absolute Gasteiger partial charge is 0.497 e. The van der Waals surface area contributed by atoms with Crippen LogP contribution < -0.4 is 14.4 Å². The van der Waals surface area contributed by atoms with E-state index in [-0.39, 0.29) is 23.0 Å². The van der Waals surface area contributed by atoms with E-state index in [1.807, 2.05) is 19.9 Å². The first-order valence-electron chi connectivity index (χ1n) is 13.5. The lowest BCUT2D eigenvalue weighted by molar-refractivity contribution is -0.139. The van der Waals surface area contributed by atoms with Crippen LogP contribution in [0.1, 0.15) is 43.4 Å². The fourth-order valence-corrected chi connectivity index (χ4v) is 5.93. The number of methoxy groups -OCH3 is 1. The molecule has 10 heteroatoms. The molecule has 0 aliphatic heterocycles. The number of halogens is 1. The van der Waals surface area contributed by atoms with Gasteiger partial charge in [0.05, 0.1) is 17.7 Å². The summed E-state index contributed by atoms with van der Waals surface area (Å²) >= 11 is 6.28. The minimum atomic E-state index is -4.18. The number of hydrogen-bond acceptors (Lipinski definition) is 5. The molecule has 0 unspecified atom stereocenters. The van der Waals surface area contributed by atoms with Crippen LogP contribution in [0.3, 0.4) is 0 Å². The van der Waals surface area contributed by atoms with Gasteiger partial charge in [0.15, 0.2) is 0 Å². The number of rotatable bonds is 13. The van der Waals surface area contributed by atoms with Crippen molar-refractivity contribution < 1.29 is 22.7 Å². The summed E-state index contributed by atoms with van der Waals surface area (Å²) in [5.74, 6) is -0.254. The second-order valence-corrected chi connectivity index (χ2v) is 12.2. The van der Waals surface area contributed by atoms with Gasteiger partial charge >= 0.3 is 0 Å². The molecule has 0 bridgehead atoms. The lowest BCUT2D eigenvalue weighted by Crippen LogP contribution is -2.51. The highest BCUT2D eigenvalue weighted by atomic mass is 35.5. The quantitative estimate of drug-likeness (QED) is 0.262. The molecule has 0 radical (unpaired) electrons. The summed E-state index contributed by atoms with van der Waals surface area (Å²) in [6.45, 7) is 7.31. The number of nitrogens with zero attached hydrogens (tertiary/aromatic N) is 2. The van der Waals surface area contributed by atoms with Crippen molar-refractivity contribution in [3.63, 3.8) is 0 Å². The Bertz CT molecular complexity index is 1460. The van der Waals surface area contributed by atoms with Crippen molar-refractivity contribution in [2.75, 3.05) is 24.5 Å². The summed E-state index contributed by atoms with van der Waals surface area (Å²) in [5, 5.41) is 3.22. The zero-order valence-corrected chi connectivity index (χ0v) is 25.8. The van der Waals surface area contributed by atoms with Crippen molar-refractivity contribution in [1.82, 2.24) is 10.2 Å². The average Bonchev–Trinajstić information content (AvgIpc) is 2.95. The highest BCUT2D eigenvalue weighted by molar-refractivity contribution is 7.92. The lowest BCUT2D eigenvalue weighted by atomic mass is 10.1. The van der Waals surface area contributed by atoms with Gasteiger partial charge in [-0.05, 0) is 74.7 Å². The van der Waals surface area contributed by atoms with E-state index in [4.69, 9.17) is 16.3 Å². The molecule has 0 saturated heterocycles. The van der Waals surface area contributed by atoms with Gasteiger partial charge in [-0.2, -0.15) is 0 Å². The normalized spacial score (nSPS) is 12.0. The van der Waals surface area contributed by atoms with Crippen molar-refractivity contribution in [3.05, 3.63) is 88.4 Å². The molecule has 3 aromatic rings. The number of aryl methyl sites for hydroxylation is 2. The second kappa shape index (κ2) is 14.4. The van der Waals surface area contributed by atoms with Crippen LogP contribution in [0.15, 0.2) is 71.6 Å². The van der Waals surface area contributed by atoms with E-state index < -0.39 is 28.5 Å². The molecule has 0 aliphatic rings. The number of hydrogen-bond donors (Lipinski definition) is 1. The molecule has 1 N–H and O–H groups in total. The molecule has 8 nitrogen and oxygen atoms in total. The van der Waals surface area contributed by atoms with Gasteiger partial charge in [0.1, 0.15) is 18.3 Å². The monoisotopic (exact) mass is 599 g/mol. The summed E-state index contributed by atoms with van der Waals surface area (Å²) in [6, 6.07) is 17.7. The third-order valence-electron chi connectivity index (χ3n) is 6.81. The second-order valence-electron chi connectivity index (χ2n) is 9.95. The van der Waals surface area contributed by atoms with E-state index in [1.165, 1.54) is 23.1 Å². The summed E-state index contributed by atoms with van der Waals surface area (Å²) < 4.78 is 34.4. The third kappa shape index (κ3) is 8.24. The van der Waals surface area contributed by atoms with Gasteiger partial charge in [0.25, 0.3) is 10.0 Å². The Morgan fingerprint density at radius 2 is 1.73 bits per heavy atom. The van der Waals surface area contributed by atoms with E-state index in [0.717, 1.165) is 28.3 Å². The van der Waals surface area contributed by atoms with Crippen LogP contribution in [-0.2, 0) is 26.2 Å². The number of unbranched alkanes of at least 4 members (excludes halogenated alkanes) is 1. The zero-order valence-electron chi connectivity index (χ0n) is 24.2. The highest BCUT2D eigenvalue weighted by Gasteiger charge is 2.33. The van der Waals surface area contributed by atoms with Crippen molar-refractivity contribution in [3.8, 4) is 5.75 Å². The van der Waals surface area contributed by atoms with Crippen LogP contribution in [0.4, 0.5) is 5.69 Å². The molecule has 41 heavy (non-hydrogen) atoms. The molecule has 1 atom stereocenters. The molecule has 0 fully saturated rings. The number of nitrogens with one attached hydrogen (secondary N) is 1. The summed E-state index contributed by atoms with van der Waals surface area (Å²) in [7, 11) is -2.63. The fourth-order valence-electron chi connectivity index (χ4n) is 4.29. The van der Waals surface area contributed by atoms with Gasteiger partial charge in [-0.15, -0.1) is 0 Å². The molecule has 220 valence electrons. The minimum Gasteiger partial charge on any atom is -0.497 e. The molecule has 3 rings (SSSR count). The van der Waals surface area contributed by atoms with Crippen LogP contribution >= 0.6 is 11.6 Å². The first-order valence-corrected chi connectivity index (χ1v) is 15.4. The molecule has 0 heterocycles. The summed E-state index contributed by atoms with van der Waals surface area (Å²) in [6.07, 6.45) is 1.71.